The lowest BCUT2D eigenvalue weighted by molar-refractivity contribution is 0.231. The fraction of sp³-hybridized carbons (Fsp3) is 0.186. The van der Waals surface area contributed by atoms with Gasteiger partial charge in [0.15, 0.2) is 0 Å². The quantitative estimate of drug-likeness (QED) is 0.106. The van der Waals surface area contributed by atoms with Gasteiger partial charge in [0.05, 0.1) is 17.1 Å². The zero-order valence-corrected chi connectivity index (χ0v) is 28.9. The van der Waals surface area contributed by atoms with E-state index in [-0.39, 0.29) is 11.5 Å². The molecule has 0 aliphatic heterocycles. The van der Waals surface area contributed by atoms with Gasteiger partial charge in [0.25, 0.3) is 0 Å². The minimum Gasteiger partial charge on any atom is -0.507 e. The highest BCUT2D eigenvalue weighted by molar-refractivity contribution is 5.47. The van der Waals surface area contributed by atoms with Gasteiger partial charge in [-0.3, -0.25) is 24.8 Å². The number of hydrogen-bond donors (Lipinski definition) is 2. The lowest BCUT2D eigenvalue weighted by Crippen LogP contribution is -2.25. The van der Waals surface area contributed by atoms with Crippen LogP contribution in [0.15, 0.2) is 134 Å². The van der Waals surface area contributed by atoms with Crippen LogP contribution in [0.4, 0.5) is 0 Å². The Balaban J connectivity index is 1.21. The summed E-state index contributed by atoms with van der Waals surface area (Å²) >= 11 is 0. The van der Waals surface area contributed by atoms with Gasteiger partial charge in [-0.15, -0.1) is 0 Å². The van der Waals surface area contributed by atoms with Crippen LogP contribution in [0, 0.1) is 6.92 Å². The van der Waals surface area contributed by atoms with Crippen LogP contribution in [-0.2, 0) is 45.9 Å². The van der Waals surface area contributed by atoms with Crippen molar-refractivity contribution in [2.45, 2.75) is 52.8 Å². The number of phenols is 2. The lowest BCUT2D eigenvalue weighted by Gasteiger charge is -2.26. The van der Waals surface area contributed by atoms with E-state index in [0.717, 1.165) is 50.5 Å². The van der Waals surface area contributed by atoms with Gasteiger partial charge in [0.1, 0.15) is 23.9 Å². The number of aryl methyl sites for hydroxylation is 1. The molecule has 258 valence electrons. The molecule has 0 saturated heterocycles. The number of ether oxygens (including phenoxy) is 1. The summed E-state index contributed by atoms with van der Waals surface area (Å²) in [6.07, 6.45) is 7.19. The van der Waals surface area contributed by atoms with E-state index in [1.807, 2.05) is 109 Å². The molecule has 0 aliphatic rings. The Bertz CT molecular complexity index is 1960. The van der Waals surface area contributed by atoms with E-state index < -0.39 is 0 Å². The number of aromatic nitrogens is 3. The monoisotopic (exact) mass is 677 g/mol. The number of hydrogen-bond acceptors (Lipinski definition) is 8. The summed E-state index contributed by atoms with van der Waals surface area (Å²) < 4.78 is 5.99. The first-order valence-corrected chi connectivity index (χ1v) is 17.0. The van der Waals surface area contributed by atoms with Gasteiger partial charge < -0.3 is 14.9 Å². The largest absolute Gasteiger partial charge is 0.507 e. The first kappa shape index (κ1) is 35.0. The summed E-state index contributed by atoms with van der Waals surface area (Å²) in [7, 11) is 0. The second kappa shape index (κ2) is 17.2. The molecule has 0 fully saturated rings. The van der Waals surface area contributed by atoms with Crippen molar-refractivity contribution in [2.75, 3.05) is 0 Å². The van der Waals surface area contributed by atoms with Crippen molar-refractivity contribution in [3.8, 4) is 17.2 Å². The molecule has 6 aromatic rings. The fourth-order valence-electron chi connectivity index (χ4n) is 6.08. The summed E-state index contributed by atoms with van der Waals surface area (Å²) in [5.74, 6) is 0.990. The molecule has 3 aromatic heterocycles. The van der Waals surface area contributed by atoms with Crippen LogP contribution in [0.25, 0.3) is 6.08 Å². The predicted octanol–water partition coefficient (Wildman–Crippen LogP) is 8.22. The number of aromatic hydroxyl groups is 2. The van der Waals surface area contributed by atoms with Crippen LogP contribution < -0.4 is 4.74 Å². The summed E-state index contributed by atoms with van der Waals surface area (Å²) in [5, 5.41) is 22.9. The molecule has 2 N–H and O–H groups in total. The molecule has 8 heteroatoms. The Morgan fingerprint density at radius 1 is 0.608 bits per heavy atom. The third-order valence-electron chi connectivity index (χ3n) is 8.61. The molecule has 3 heterocycles. The molecule has 0 bridgehead atoms. The van der Waals surface area contributed by atoms with Gasteiger partial charge in [0, 0.05) is 80.6 Å². The van der Waals surface area contributed by atoms with Crippen molar-refractivity contribution in [3.05, 3.63) is 185 Å². The van der Waals surface area contributed by atoms with E-state index in [2.05, 4.69) is 38.3 Å². The highest BCUT2D eigenvalue weighted by Gasteiger charge is 2.19. The standard InChI is InChI=1S/C43H43N5O3/c1-3-33-13-15-34(16-14-33)31-51-41-18-17-35(42(49)24-41)25-47(28-38-10-4-7-19-44-38)26-36-22-32(2)23-37(43(36)50)27-48(29-39-11-5-8-20-45-39)30-40-12-6-9-21-46-40/h3-24,49-50H,1,25-31H2,2H3. The Kier molecular flexibility index (Phi) is 11.8. The third kappa shape index (κ3) is 10.1. The normalized spacial score (nSPS) is 11.2. The van der Waals surface area contributed by atoms with Gasteiger partial charge in [-0.2, -0.15) is 0 Å². The highest BCUT2D eigenvalue weighted by Crippen LogP contribution is 2.31. The first-order chi connectivity index (χ1) is 24.9. The maximum absolute atomic E-state index is 11.8. The predicted molar refractivity (Wildman–Crippen MR) is 200 cm³/mol. The number of phenolic OH excluding ortho intramolecular Hbond substituents is 2. The van der Waals surface area contributed by atoms with Crippen LogP contribution in [-0.4, -0.2) is 35.0 Å². The molecule has 3 aromatic carbocycles. The van der Waals surface area contributed by atoms with Crippen molar-refractivity contribution in [1.29, 1.82) is 0 Å². The summed E-state index contributed by atoms with van der Waals surface area (Å²) in [4.78, 5) is 18.1. The Morgan fingerprint density at radius 2 is 1.12 bits per heavy atom. The molecular weight excluding hydrogens is 635 g/mol. The molecule has 0 aliphatic carbocycles. The van der Waals surface area contributed by atoms with Crippen molar-refractivity contribution in [1.82, 2.24) is 24.8 Å². The molecule has 8 nitrogen and oxygen atoms in total. The van der Waals surface area contributed by atoms with Crippen LogP contribution in [0.5, 0.6) is 17.2 Å². The Labute approximate surface area is 300 Å². The molecule has 6 rings (SSSR count). The van der Waals surface area contributed by atoms with Crippen LogP contribution in [0.2, 0.25) is 0 Å². The minimum atomic E-state index is 0.148. The van der Waals surface area contributed by atoms with Gasteiger partial charge in [0.2, 0.25) is 0 Å². The van der Waals surface area contributed by atoms with Crippen molar-refractivity contribution < 1.29 is 14.9 Å². The van der Waals surface area contributed by atoms with E-state index >= 15 is 0 Å². The van der Waals surface area contributed by atoms with Gasteiger partial charge in [-0.05, 0) is 60.5 Å². The molecule has 0 atom stereocenters. The maximum Gasteiger partial charge on any atom is 0.124 e. The number of rotatable bonds is 16. The second-order valence-corrected chi connectivity index (χ2v) is 12.7. The molecule has 0 saturated carbocycles. The van der Waals surface area contributed by atoms with Gasteiger partial charge >= 0.3 is 0 Å². The first-order valence-electron chi connectivity index (χ1n) is 17.0. The maximum atomic E-state index is 11.8. The van der Waals surface area contributed by atoms with E-state index in [9.17, 15) is 10.2 Å². The Morgan fingerprint density at radius 3 is 1.59 bits per heavy atom. The number of pyridine rings is 3. The molecule has 0 spiro atoms. The number of benzene rings is 3. The van der Waals surface area contributed by atoms with Crippen LogP contribution in [0.3, 0.4) is 0 Å². The Hall–Kier alpha value is -5.83. The zero-order chi connectivity index (χ0) is 35.4. The summed E-state index contributed by atoms with van der Waals surface area (Å²) in [5.41, 5.74) is 8.29. The van der Waals surface area contributed by atoms with Crippen molar-refractivity contribution in [3.63, 3.8) is 0 Å². The smallest absolute Gasteiger partial charge is 0.124 e. The second-order valence-electron chi connectivity index (χ2n) is 12.7. The van der Waals surface area contributed by atoms with E-state index in [1.165, 1.54) is 0 Å². The molecule has 0 unspecified atom stereocenters. The van der Waals surface area contributed by atoms with Gasteiger partial charge in [-0.25, -0.2) is 0 Å². The molecule has 51 heavy (non-hydrogen) atoms. The minimum absolute atomic E-state index is 0.148. The third-order valence-corrected chi connectivity index (χ3v) is 8.61. The van der Waals surface area contributed by atoms with E-state index in [4.69, 9.17) is 4.74 Å². The number of nitrogens with zero attached hydrogens (tertiary/aromatic N) is 5. The molecular formula is C43H43N5O3. The topological polar surface area (TPSA) is 94.8 Å². The van der Waals surface area contributed by atoms with Crippen molar-refractivity contribution in [2.24, 2.45) is 0 Å². The lowest BCUT2D eigenvalue weighted by atomic mass is 10.0. The van der Waals surface area contributed by atoms with Crippen LogP contribution in [0.1, 0.15) is 50.5 Å². The SMILES string of the molecule is C=Cc1ccc(COc2ccc(CN(Cc3ccccn3)Cc3cc(C)cc(CN(Cc4ccccn4)Cc4ccccn4)c3O)c(O)c2)cc1. The van der Waals surface area contributed by atoms with E-state index in [0.29, 0.717) is 51.6 Å². The van der Waals surface area contributed by atoms with Gasteiger partial charge in [-0.1, -0.05) is 78.9 Å². The molecule has 0 amide bonds. The van der Waals surface area contributed by atoms with E-state index in [1.54, 1.807) is 24.7 Å². The summed E-state index contributed by atoms with van der Waals surface area (Å²) in [6, 6.07) is 35.2. The summed E-state index contributed by atoms with van der Waals surface area (Å²) in [6.45, 7) is 9.35. The average molecular weight is 678 g/mol. The highest BCUT2D eigenvalue weighted by atomic mass is 16.5. The van der Waals surface area contributed by atoms with Crippen LogP contribution >= 0.6 is 0 Å². The van der Waals surface area contributed by atoms with Crippen molar-refractivity contribution >= 4 is 6.08 Å². The fourth-order valence-corrected chi connectivity index (χ4v) is 6.08. The molecule has 0 radical (unpaired) electrons. The average Bonchev–Trinajstić information content (AvgIpc) is 3.15. The zero-order valence-electron chi connectivity index (χ0n) is 28.9.